The van der Waals surface area contributed by atoms with Crippen LogP contribution in [0.3, 0.4) is 0 Å². The predicted molar refractivity (Wildman–Crippen MR) is 66.4 cm³/mol. The van der Waals surface area contributed by atoms with Crippen LogP contribution < -0.4 is 0 Å². The monoisotopic (exact) mass is 287 g/mol. The van der Waals surface area contributed by atoms with Crippen molar-refractivity contribution in [3.05, 3.63) is 34.6 Å². The zero-order chi connectivity index (χ0) is 13.4. The fourth-order valence-corrected chi connectivity index (χ4v) is 4.43. The third kappa shape index (κ3) is 2.65. The number of sulfone groups is 1. The minimum atomic E-state index is -3.13. The van der Waals surface area contributed by atoms with Crippen molar-refractivity contribution in [3.63, 3.8) is 0 Å². The van der Waals surface area contributed by atoms with Gasteiger partial charge in [0.15, 0.2) is 9.84 Å². The SMILES string of the molecule is N#CC1(Cc2ccc(F)c(Cl)c2)CCS(=O)(=O)C1. The molecule has 96 valence electrons. The lowest BCUT2D eigenvalue weighted by Crippen LogP contribution is -2.23. The number of nitrogens with zero attached hydrogens (tertiary/aromatic N) is 1. The Labute approximate surface area is 110 Å². The van der Waals surface area contributed by atoms with E-state index in [0.717, 1.165) is 0 Å². The second kappa shape index (κ2) is 4.52. The van der Waals surface area contributed by atoms with Crippen molar-refractivity contribution in [3.8, 4) is 6.07 Å². The van der Waals surface area contributed by atoms with Gasteiger partial charge in [-0.25, -0.2) is 12.8 Å². The van der Waals surface area contributed by atoms with E-state index in [2.05, 4.69) is 6.07 Å². The first-order valence-corrected chi connectivity index (χ1v) is 7.61. The van der Waals surface area contributed by atoms with Gasteiger partial charge in [0.25, 0.3) is 0 Å². The van der Waals surface area contributed by atoms with Gasteiger partial charge in [0, 0.05) is 0 Å². The fourth-order valence-electron chi connectivity index (χ4n) is 2.22. The molecule has 0 radical (unpaired) electrons. The third-order valence-electron chi connectivity index (χ3n) is 3.15. The van der Waals surface area contributed by atoms with Crippen LogP contribution in [0.25, 0.3) is 0 Å². The number of nitriles is 1. The predicted octanol–water partition coefficient (Wildman–Crippen LogP) is 2.35. The van der Waals surface area contributed by atoms with E-state index in [4.69, 9.17) is 11.6 Å². The van der Waals surface area contributed by atoms with Gasteiger partial charge in [-0.1, -0.05) is 17.7 Å². The molecule has 1 aliphatic rings. The van der Waals surface area contributed by atoms with E-state index in [1.807, 2.05) is 0 Å². The molecule has 1 aromatic rings. The van der Waals surface area contributed by atoms with Gasteiger partial charge in [0.2, 0.25) is 0 Å². The Morgan fingerprint density at radius 3 is 2.72 bits per heavy atom. The van der Waals surface area contributed by atoms with Crippen molar-refractivity contribution < 1.29 is 12.8 Å². The summed E-state index contributed by atoms with van der Waals surface area (Å²) < 4.78 is 36.0. The first-order valence-electron chi connectivity index (χ1n) is 5.41. The van der Waals surface area contributed by atoms with Gasteiger partial charge in [0.1, 0.15) is 5.82 Å². The molecule has 0 aliphatic carbocycles. The lowest BCUT2D eigenvalue weighted by molar-refractivity contribution is 0.451. The first kappa shape index (κ1) is 13.3. The summed E-state index contributed by atoms with van der Waals surface area (Å²) in [4.78, 5) is 0. The van der Waals surface area contributed by atoms with Crippen LogP contribution in [0.5, 0.6) is 0 Å². The van der Waals surface area contributed by atoms with Crippen LogP contribution in [0.15, 0.2) is 18.2 Å². The Bertz CT molecular complexity index is 623. The minimum absolute atomic E-state index is 0.0126. The molecule has 0 spiro atoms. The molecule has 1 fully saturated rings. The highest BCUT2D eigenvalue weighted by Crippen LogP contribution is 2.35. The third-order valence-corrected chi connectivity index (χ3v) is 5.26. The highest BCUT2D eigenvalue weighted by molar-refractivity contribution is 7.91. The van der Waals surface area contributed by atoms with Crippen molar-refractivity contribution in [2.24, 2.45) is 5.41 Å². The van der Waals surface area contributed by atoms with E-state index in [-0.39, 0.29) is 22.9 Å². The Morgan fingerprint density at radius 1 is 1.50 bits per heavy atom. The van der Waals surface area contributed by atoms with Crippen LogP contribution in [0.4, 0.5) is 4.39 Å². The summed E-state index contributed by atoms with van der Waals surface area (Å²) in [6, 6.07) is 6.31. The summed E-state index contributed by atoms with van der Waals surface area (Å²) in [5, 5.41) is 9.20. The molecular weight excluding hydrogens is 277 g/mol. The molecule has 0 N–H and O–H groups in total. The van der Waals surface area contributed by atoms with E-state index < -0.39 is 21.1 Å². The second-order valence-electron chi connectivity index (χ2n) is 4.66. The molecule has 6 heteroatoms. The molecule has 0 amide bonds. The fraction of sp³-hybridized carbons (Fsp3) is 0.417. The molecule has 0 saturated carbocycles. The largest absolute Gasteiger partial charge is 0.229 e. The summed E-state index contributed by atoms with van der Waals surface area (Å²) in [6.45, 7) is 0. The lowest BCUT2D eigenvalue weighted by Gasteiger charge is -2.18. The molecular formula is C12H11ClFNO2S. The molecule has 1 heterocycles. The van der Waals surface area contributed by atoms with Crippen LogP contribution in [0.2, 0.25) is 5.02 Å². The maximum Gasteiger partial charge on any atom is 0.151 e. The number of hydrogen-bond donors (Lipinski definition) is 0. The molecule has 18 heavy (non-hydrogen) atoms. The van der Waals surface area contributed by atoms with Crippen LogP contribution in [-0.4, -0.2) is 19.9 Å². The Hall–Kier alpha value is -1.12. The number of hydrogen-bond acceptors (Lipinski definition) is 3. The number of rotatable bonds is 2. The van der Waals surface area contributed by atoms with Gasteiger partial charge in [-0.2, -0.15) is 5.26 Å². The summed E-state index contributed by atoms with van der Waals surface area (Å²) in [5.41, 5.74) is -0.222. The first-order chi connectivity index (χ1) is 8.36. The topological polar surface area (TPSA) is 57.9 Å². The zero-order valence-electron chi connectivity index (χ0n) is 9.49. The zero-order valence-corrected chi connectivity index (χ0v) is 11.1. The average Bonchev–Trinajstić information content (AvgIpc) is 2.60. The molecule has 0 bridgehead atoms. The molecule has 1 saturated heterocycles. The molecule has 1 aromatic carbocycles. The van der Waals surface area contributed by atoms with Gasteiger partial charge in [-0.15, -0.1) is 0 Å². The van der Waals surface area contributed by atoms with E-state index in [9.17, 15) is 18.1 Å². The van der Waals surface area contributed by atoms with Gasteiger partial charge in [0.05, 0.1) is 28.0 Å². The Morgan fingerprint density at radius 2 is 2.22 bits per heavy atom. The summed E-state index contributed by atoms with van der Waals surface area (Å²) in [6.07, 6.45) is 0.601. The van der Waals surface area contributed by atoms with Crippen molar-refractivity contribution >= 4 is 21.4 Å². The van der Waals surface area contributed by atoms with E-state index in [1.54, 1.807) is 0 Å². The average molecular weight is 288 g/mol. The maximum atomic E-state index is 13.0. The quantitative estimate of drug-likeness (QED) is 0.839. The minimum Gasteiger partial charge on any atom is -0.229 e. The second-order valence-corrected chi connectivity index (χ2v) is 7.25. The van der Waals surface area contributed by atoms with Crippen molar-refractivity contribution in [1.29, 1.82) is 5.26 Å². The summed E-state index contributed by atoms with van der Waals surface area (Å²) in [7, 11) is -3.13. The standard InChI is InChI=1S/C12H11ClFNO2S/c13-10-5-9(1-2-11(10)14)6-12(7-15)3-4-18(16,17)8-12/h1-2,5H,3-4,6,8H2. The summed E-state index contributed by atoms with van der Waals surface area (Å²) in [5.74, 6) is -0.619. The molecule has 1 atom stereocenters. The Balaban J connectivity index is 2.27. The molecule has 3 nitrogen and oxygen atoms in total. The van der Waals surface area contributed by atoms with Gasteiger partial charge in [-0.3, -0.25) is 0 Å². The Kier molecular flexibility index (Phi) is 3.35. The van der Waals surface area contributed by atoms with Crippen LogP contribution in [0, 0.1) is 22.6 Å². The number of benzene rings is 1. The van der Waals surface area contributed by atoms with Crippen molar-refractivity contribution in [2.75, 3.05) is 11.5 Å². The van der Waals surface area contributed by atoms with Gasteiger partial charge in [-0.05, 0) is 30.5 Å². The van der Waals surface area contributed by atoms with Crippen molar-refractivity contribution in [1.82, 2.24) is 0 Å². The van der Waals surface area contributed by atoms with E-state index in [0.29, 0.717) is 12.0 Å². The van der Waals surface area contributed by atoms with Gasteiger partial charge < -0.3 is 0 Å². The van der Waals surface area contributed by atoms with E-state index >= 15 is 0 Å². The maximum absolute atomic E-state index is 13.0. The normalized spacial score (nSPS) is 25.8. The highest BCUT2D eigenvalue weighted by atomic mass is 35.5. The molecule has 1 aliphatic heterocycles. The van der Waals surface area contributed by atoms with Crippen LogP contribution in [-0.2, 0) is 16.3 Å². The van der Waals surface area contributed by atoms with Crippen LogP contribution >= 0.6 is 11.6 Å². The van der Waals surface area contributed by atoms with Crippen LogP contribution in [0.1, 0.15) is 12.0 Å². The molecule has 0 aromatic heterocycles. The molecule has 2 rings (SSSR count). The van der Waals surface area contributed by atoms with E-state index in [1.165, 1.54) is 18.2 Å². The lowest BCUT2D eigenvalue weighted by atomic mass is 9.83. The molecule has 1 unspecified atom stereocenters. The van der Waals surface area contributed by atoms with Gasteiger partial charge >= 0.3 is 0 Å². The number of halogens is 2. The highest BCUT2D eigenvalue weighted by Gasteiger charge is 2.42. The van der Waals surface area contributed by atoms with Crippen molar-refractivity contribution in [2.45, 2.75) is 12.8 Å². The summed E-state index contributed by atoms with van der Waals surface area (Å²) >= 11 is 5.67. The smallest absolute Gasteiger partial charge is 0.151 e.